The maximum atomic E-state index is 14.5. The van der Waals surface area contributed by atoms with Crippen molar-refractivity contribution in [3.63, 3.8) is 0 Å². The predicted molar refractivity (Wildman–Crippen MR) is 156 cm³/mol. The first-order valence-corrected chi connectivity index (χ1v) is 15.0. The van der Waals surface area contributed by atoms with Gasteiger partial charge in [0.1, 0.15) is 11.5 Å². The molecule has 7 nitrogen and oxygen atoms in total. The van der Waals surface area contributed by atoms with Gasteiger partial charge in [-0.2, -0.15) is 13.2 Å². The number of fused-ring (bicyclic) bond motifs is 1. The van der Waals surface area contributed by atoms with Crippen LogP contribution in [-0.4, -0.2) is 30.0 Å². The van der Waals surface area contributed by atoms with E-state index in [4.69, 9.17) is 0 Å². The number of aliphatic hydroxyl groups is 1. The molecule has 0 radical (unpaired) electrons. The van der Waals surface area contributed by atoms with Crippen molar-refractivity contribution >= 4 is 21.6 Å². The number of hydrogen-bond acceptors (Lipinski definition) is 5. The molecule has 2 heterocycles. The molecule has 1 aromatic heterocycles. The molecule has 44 heavy (non-hydrogen) atoms. The van der Waals surface area contributed by atoms with Crippen LogP contribution in [-0.2, 0) is 26.6 Å². The summed E-state index contributed by atoms with van der Waals surface area (Å²) in [4.78, 5) is 18.6. The number of anilines is 1. The van der Waals surface area contributed by atoms with Gasteiger partial charge in [0, 0.05) is 17.3 Å². The number of amides is 1. The number of carbonyl (C=O) groups excluding carboxylic acids is 1. The van der Waals surface area contributed by atoms with Gasteiger partial charge >= 0.3 is 6.18 Å². The summed E-state index contributed by atoms with van der Waals surface area (Å²) in [5, 5.41) is 11.9. The van der Waals surface area contributed by atoms with E-state index in [2.05, 4.69) is 9.71 Å². The lowest BCUT2D eigenvalue weighted by molar-refractivity contribution is -0.141. The van der Waals surface area contributed by atoms with Crippen LogP contribution in [0.25, 0.3) is 11.1 Å². The van der Waals surface area contributed by atoms with Gasteiger partial charge in [-0.15, -0.1) is 0 Å². The number of hydrogen-bond donors (Lipinski definition) is 2. The Bertz CT molecular complexity index is 1840. The van der Waals surface area contributed by atoms with E-state index in [1.165, 1.54) is 41.3 Å². The van der Waals surface area contributed by atoms with E-state index in [-0.39, 0.29) is 21.7 Å². The van der Waals surface area contributed by atoms with Crippen LogP contribution in [0, 0.1) is 5.82 Å². The number of nitrogens with zero attached hydrogens (tertiary/aromatic N) is 2. The van der Waals surface area contributed by atoms with Crippen LogP contribution >= 0.6 is 0 Å². The van der Waals surface area contributed by atoms with Crippen molar-refractivity contribution in [1.29, 1.82) is 0 Å². The van der Waals surface area contributed by atoms with Crippen LogP contribution < -0.4 is 9.62 Å². The zero-order chi connectivity index (χ0) is 32.2. The van der Waals surface area contributed by atoms with Gasteiger partial charge in [0.25, 0.3) is 5.91 Å². The van der Waals surface area contributed by atoms with Crippen molar-refractivity contribution in [1.82, 2.24) is 9.71 Å². The van der Waals surface area contributed by atoms with Crippen LogP contribution in [0.2, 0.25) is 0 Å². The largest absolute Gasteiger partial charge is 0.433 e. The average Bonchev–Trinajstić information content (AvgIpc) is 3.17. The molecule has 0 saturated carbocycles. The second-order valence-electron chi connectivity index (χ2n) is 11.7. The van der Waals surface area contributed by atoms with Crippen LogP contribution in [0.4, 0.5) is 23.2 Å². The van der Waals surface area contributed by atoms with Gasteiger partial charge < -0.3 is 10.0 Å². The van der Waals surface area contributed by atoms with E-state index in [1.54, 1.807) is 52.0 Å². The molecule has 0 fully saturated rings. The van der Waals surface area contributed by atoms with Gasteiger partial charge in [-0.05, 0) is 92.4 Å². The van der Waals surface area contributed by atoms with E-state index in [0.29, 0.717) is 16.7 Å². The minimum Gasteiger partial charge on any atom is -0.372 e. The number of alkyl halides is 3. The molecule has 230 valence electrons. The highest BCUT2D eigenvalue weighted by Gasteiger charge is 2.52. The van der Waals surface area contributed by atoms with Crippen molar-refractivity contribution in [3.8, 4) is 11.1 Å². The molecule has 0 saturated heterocycles. The topological polar surface area (TPSA) is 99.6 Å². The summed E-state index contributed by atoms with van der Waals surface area (Å²) in [7, 11) is -3.90. The third-order valence-electron chi connectivity index (χ3n) is 7.32. The standard InChI is InChI=1S/C32H29F4N3O4S/c1-19(20-5-7-21(8-6-20)22-15-16-37-28(17-22)32(34,35)36)39-27-14-11-24(33)18-26(27)31(41,29(39)40)23-9-12-25(13-10-23)44(42,43)38-30(2,3)4/h5-19,38,41H,1-4H3. The van der Waals surface area contributed by atoms with E-state index in [9.17, 15) is 35.9 Å². The Labute approximate surface area is 252 Å². The molecule has 0 spiro atoms. The van der Waals surface area contributed by atoms with E-state index in [0.717, 1.165) is 24.4 Å². The lowest BCUT2D eigenvalue weighted by Gasteiger charge is -2.28. The first-order chi connectivity index (χ1) is 20.4. The Morgan fingerprint density at radius 2 is 1.55 bits per heavy atom. The maximum Gasteiger partial charge on any atom is 0.433 e. The number of aromatic nitrogens is 1. The van der Waals surface area contributed by atoms with Crippen molar-refractivity contribution in [2.24, 2.45) is 0 Å². The highest BCUT2D eigenvalue weighted by atomic mass is 32.2. The zero-order valence-corrected chi connectivity index (χ0v) is 25.0. The van der Waals surface area contributed by atoms with Crippen LogP contribution in [0.3, 0.4) is 0 Å². The van der Waals surface area contributed by atoms with Crippen molar-refractivity contribution < 1.29 is 35.9 Å². The Morgan fingerprint density at radius 3 is 2.14 bits per heavy atom. The molecule has 1 aliphatic rings. The van der Waals surface area contributed by atoms with Gasteiger partial charge in [-0.1, -0.05) is 36.4 Å². The molecule has 1 aliphatic heterocycles. The monoisotopic (exact) mass is 627 g/mol. The lowest BCUT2D eigenvalue weighted by atomic mass is 9.87. The fourth-order valence-electron chi connectivity index (χ4n) is 5.28. The maximum absolute atomic E-state index is 14.5. The van der Waals surface area contributed by atoms with Crippen molar-refractivity contribution in [2.75, 3.05) is 4.90 Å². The predicted octanol–water partition coefficient (Wildman–Crippen LogP) is 6.33. The number of halogens is 4. The number of nitrogens with one attached hydrogen (secondary N) is 1. The van der Waals surface area contributed by atoms with E-state index in [1.807, 2.05) is 0 Å². The minimum atomic E-state index is -4.60. The summed E-state index contributed by atoms with van der Waals surface area (Å²) in [6.07, 6.45) is -3.51. The molecule has 2 N–H and O–H groups in total. The van der Waals surface area contributed by atoms with Gasteiger partial charge in [-0.25, -0.2) is 17.5 Å². The number of sulfonamides is 1. The molecular formula is C32H29F4N3O4S. The highest BCUT2D eigenvalue weighted by molar-refractivity contribution is 7.89. The van der Waals surface area contributed by atoms with E-state index >= 15 is 0 Å². The summed E-state index contributed by atoms with van der Waals surface area (Å²) in [6.45, 7) is 6.77. The fraction of sp³-hybridized carbons (Fsp3) is 0.250. The van der Waals surface area contributed by atoms with Crippen molar-refractivity contribution in [3.05, 3.63) is 113 Å². The molecule has 3 aromatic carbocycles. The Balaban J connectivity index is 1.49. The Kier molecular flexibility index (Phi) is 7.68. The van der Waals surface area contributed by atoms with E-state index < -0.39 is 50.8 Å². The summed E-state index contributed by atoms with van der Waals surface area (Å²) in [5.41, 5.74) is -2.39. The normalized spacial score (nSPS) is 17.9. The number of carbonyl (C=O) groups is 1. The van der Waals surface area contributed by atoms with Gasteiger partial charge in [-0.3, -0.25) is 9.78 Å². The highest BCUT2D eigenvalue weighted by Crippen LogP contribution is 2.48. The molecule has 0 bridgehead atoms. The summed E-state index contributed by atoms with van der Waals surface area (Å²) >= 11 is 0. The summed E-state index contributed by atoms with van der Waals surface area (Å²) < 4.78 is 82.1. The van der Waals surface area contributed by atoms with Crippen LogP contribution in [0.5, 0.6) is 0 Å². The number of pyridine rings is 1. The third kappa shape index (κ3) is 5.72. The molecule has 4 aromatic rings. The van der Waals surface area contributed by atoms with Gasteiger partial charge in [0.15, 0.2) is 5.60 Å². The average molecular weight is 628 g/mol. The lowest BCUT2D eigenvalue weighted by Crippen LogP contribution is -2.42. The summed E-state index contributed by atoms with van der Waals surface area (Å²) in [5.74, 6) is -1.46. The number of benzene rings is 3. The molecule has 0 aliphatic carbocycles. The quantitative estimate of drug-likeness (QED) is 0.244. The Morgan fingerprint density at radius 1 is 0.909 bits per heavy atom. The minimum absolute atomic E-state index is 0.00846. The van der Waals surface area contributed by atoms with Gasteiger partial charge in [0.05, 0.1) is 16.6 Å². The smallest absolute Gasteiger partial charge is 0.372 e. The third-order valence-corrected chi connectivity index (χ3v) is 9.10. The first-order valence-electron chi connectivity index (χ1n) is 13.6. The SMILES string of the molecule is CC(c1ccc(-c2ccnc(C(F)(F)F)c2)cc1)N1C(=O)C(O)(c2ccc(S(=O)(=O)NC(C)(C)C)cc2)c2cc(F)ccc21. The second kappa shape index (κ2) is 10.8. The zero-order valence-electron chi connectivity index (χ0n) is 24.1. The Hall–Kier alpha value is -4.13. The summed E-state index contributed by atoms with van der Waals surface area (Å²) in [6, 6.07) is 17.0. The molecule has 1 amide bonds. The second-order valence-corrected chi connectivity index (χ2v) is 13.3. The molecule has 5 rings (SSSR count). The number of rotatable bonds is 6. The van der Waals surface area contributed by atoms with Crippen molar-refractivity contribution in [2.45, 2.75) is 55.9 Å². The van der Waals surface area contributed by atoms with Gasteiger partial charge in [0.2, 0.25) is 10.0 Å². The molecular weight excluding hydrogens is 598 g/mol. The molecule has 2 unspecified atom stereocenters. The van der Waals surface area contributed by atoms with Crippen LogP contribution in [0.15, 0.2) is 90.0 Å². The molecule has 2 atom stereocenters. The first kappa shape index (κ1) is 31.3. The molecule has 12 heteroatoms. The van der Waals surface area contributed by atoms with Crippen LogP contribution in [0.1, 0.15) is 56.1 Å². The fourth-order valence-corrected chi connectivity index (χ4v) is 6.69.